The zero-order valence-electron chi connectivity index (χ0n) is 17.6. The number of nitrogens with zero attached hydrogens (tertiary/aromatic N) is 3. The van der Waals surface area contributed by atoms with E-state index in [1.165, 1.54) is 10.7 Å². The minimum atomic E-state index is -4.63. The molecule has 0 spiro atoms. The largest absolute Gasteiger partial charge is 0.459 e. The van der Waals surface area contributed by atoms with Crippen LogP contribution in [0.5, 0.6) is 0 Å². The van der Waals surface area contributed by atoms with E-state index in [0.717, 1.165) is 12.5 Å². The number of aromatic nitrogens is 3. The molecule has 4 rings (SSSR count). The summed E-state index contributed by atoms with van der Waals surface area (Å²) < 4.78 is 49.8. The molecule has 1 N–H and O–H groups in total. The average molecular weight is 460 g/mol. The highest BCUT2D eigenvalue weighted by Gasteiger charge is 2.39. The molecule has 3 heterocycles. The van der Waals surface area contributed by atoms with Gasteiger partial charge < -0.3 is 14.5 Å². The number of halogens is 3. The number of hydrogen-bond acceptors (Lipinski definition) is 6. The van der Waals surface area contributed by atoms with Crippen LogP contribution in [0.3, 0.4) is 0 Å². The number of nitrogens with one attached hydrogen (secondary N) is 1. The Morgan fingerprint density at radius 2 is 2.06 bits per heavy atom. The summed E-state index contributed by atoms with van der Waals surface area (Å²) in [5.74, 6) is -1.00. The average Bonchev–Trinajstić information content (AvgIpc) is 3.35. The van der Waals surface area contributed by atoms with Gasteiger partial charge in [0.25, 0.3) is 5.91 Å². The van der Waals surface area contributed by atoms with Gasteiger partial charge in [-0.25, -0.2) is 9.50 Å². The van der Waals surface area contributed by atoms with E-state index in [0.29, 0.717) is 33.5 Å². The molecule has 3 aromatic heterocycles. The highest BCUT2D eigenvalue weighted by molar-refractivity contribution is 5.99. The van der Waals surface area contributed by atoms with Crippen molar-refractivity contribution < 1.29 is 31.9 Å². The van der Waals surface area contributed by atoms with Gasteiger partial charge in [-0.3, -0.25) is 9.59 Å². The minimum Gasteiger partial charge on any atom is -0.459 e. The summed E-state index contributed by atoms with van der Waals surface area (Å²) in [5, 5.41) is 7.46. The van der Waals surface area contributed by atoms with Gasteiger partial charge in [0.05, 0.1) is 19.2 Å². The van der Waals surface area contributed by atoms with Gasteiger partial charge in [0.15, 0.2) is 11.8 Å². The summed E-state index contributed by atoms with van der Waals surface area (Å²) in [6.07, 6.45) is -2.59. The molecule has 0 saturated carbocycles. The van der Waals surface area contributed by atoms with Gasteiger partial charge in [-0.15, -0.1) is 0 Å². The third-order valence-corrected chi connectivity index (χ3v) is 4.94. The summed E-state index contributed by atoms with van der Waals surface area (Å²) in [4.78, 5) is 28.7. The highest BCUT2D eigenvalue weighted by atomic mass is 19.4. The van der Waals surface area contributed by atoms with Crippen molar-refractivity contribution in [3.8, 4) is 0 Å². The van der Waals surface area contributed by atoms with Crippen LogP contribution in [0.2, 0.25) is 0 Å². The summed E-state index contributed by atoms with van der Waals surface area (Å²) in [7, 11) is 0. The van der Waals surface area contributed by atoms with E-state index in [-0.39, 0.29) is 13.0 Å². The van der Waals surface area contributed by atoms with Crippen LogP contribution in [-0.4, -0.2) is 38.8 Å². The van der Waals surface area contributed by atoms with Crippen LogP contribution in [0, 0.1) is 6.92 Å². The number of carbonyl (C=O) groups excluding carboxylic acids is 2. The molecule has 172 valence electrons. The molecule has 4 aromatic rings. The van der Waals surface area contributed by atoms with Crippen molar-refractivity contribution in [2.24, 2.45) is 0 Å². The predicted octanol–water partition coefficient (Wildman–Crippen LogP) is 3.75. The number of fused-ring (bicyclic) bond motifs is 2. The Kier molecular flexibility index (Phi) is 5.79. The van der Waals surface area contributed by atoms with Crippen molar-refractivity contribution in [1.29, 1.82) is 0 Å². The van der Waals surface area contributed by atoms with Crippen molar-refractivity contribution in [1.82, 2.24) is 19.9 Å². The van der Waals surface area contributed by atoms with Crippen LogP contribution in [0.4, 0.5) is 13.2 Å². The molecule has 1 aromatic carbocycles. The Labute approximate surface area is 185 Å². The molecule has 0 aliphatic rings. The van der Waals surface area contributed by atoms with Crippen molar-refractivity contribution in [2.45, 2.75) is 39.1 Å². The Balaban J connectivity index is 1.50. The fourth-order valence-corrected chi connectivity index (χ4v) is 3.37. The first-order valence-corrected chi connectivity index (χ1v) is 9.96. The molecule has 0 aliphatic heterocycles. The molecular formula is C22H19F3N4O4. The Morgan fingerprint density at radius 3 is 2.82 bits per heavy atom. The quantitative estimate of drug-likeness (QED) is 0.440. The number of aryl methyl sites for hydroxylation is 1. The lowest BCUT2D eigenvalue weighted by molar-refractivity contribution is -0.215. The third-order valence-electron chi connectivity index (χ3n) is 4.94. The Hall–Kier alpha value is -3.89. The molecule has 33 heavy (non-hydrogen) atoms. The molecule has 8 nitrogen and oxygen atoms in total. The van der Waals surface area contributed by atoms with Crippen molar-refractivity contribution in [3.63, 3.8) is 0 Å². The summed E-state index contributed by atoms with van der Waals surface area (Å²) >= 11 is 0. The molecule has 0 radical (unpaired) electrons. The molecule has 0 aliphatic carbocycles. The number of benzene rings is 1. The number of amides is 1. The van der Waals surface area contributed by atoms with Crippen molar-refractivity contribution >= 4 is 28.5 Å². The van der Waals surface area contributed by atoms with Crippen LogP contribution >= 0.6 is 0 Å². The normalized spacial score (nSPS) is 12.8. The lowest BCUT2D eigenvalue weighted by Crippen LogP contribution is -2.31. The van der Waals surface area contributed by atoms with E-state index in [1.807, 2.05) is 6.07 Å². The van der Waals surface area contributed by atoms with E-state index in [1.54, 1.807) is 37.5 Å². The standard InChI is InChI=1S/C22H19F3N4O4/c1-12-6-14-8-16(10-27-21(31)17-11-28-29-5-3-4-26-20(17)29)33-19(14)15(7-12)9-18(30)32-13(2)22(23,24)25/h3-8,11,13H,9-10H2,1-2H3,(H,27,31). The van der Waals surface area contributed by atoms with Gasteiger partial charge in [0.1, 0.15) is 16.9 Å². The molecule has 1 amide bonds. The zero-order chi connectivity index (χ0) is 23.8. The molecule has 1 unspecified atom stereocenters. The number of carbonyl (C=O) groups is 2. The monoisotopic (exact) mass is 460 g/mol. The number of alkyl halides is 3. The van der Waals surface area contributed by atoms with Crippen LogP contribution in [0.1, 0.15) is 34.2 Å². The highest BCUT2D eigenvalue weighted by Crippen LogP contribution is 2.27. The lowest BCUT2D eigenvalue weighted by atomic mass is 10.1. The van der Waals surface area contributed by atoms with Gasteiger partial charge >= 0.3 is 12.1 Å². The van der Waals surface area contributed by atoms with E-state index in [9.17, 15) is 22.8 Å². The molecule has 0 bridgehead atoms. The first kappa shape index (κ1) is 22.3. The van der Waals surface area contributed by atoms with Gasteiger partial charge in [-0.1, -0.05) is 6.07 Å². The topological polar surface area (TPSA) is 98.7 Å². The van der Waals surface area contributed by atoms with Crippen molar-refractivity contribution in [3.05, 3.63) is 65.3 Å². The number of ether oxygens (including phenoxy) is 1. The van der Waals surface area contributed by atoms with E-state index >= 15 is 0 Å². The maximum Gasteiger partial charge on any atom is 0.425 e. The zero-order valence-corrected chi connectivity index (χ0v) is 17.6. The van der Waals surface area contributed by atoms with Crippen molar-refractivity contribution in [2.75, 3.05) is 0 Å². The number of rotatable bonds is 6. The number of furan rings is 1. The predicted molar refractivity (Wildman–Crippen MR) is 110 cm³/mol. The number of esters is 1. The van der Waals surface area contributed by atoms with Gasteiger partial charge in [-0.05, 0) is 37.6 Å². The fourth-order valence-electron chi connectivity index (χ4n) is 3.37. The molecular weight excluding hydrogens is 441 g/mol. The summed E-state index contributed by atoms with van der Waals surface area (Å²) in [6, 6.07) is 6.85. The Morgan fingerprint density at radius 1 is 1.27 bits per heavy atom. The van der Waals surface area contributed by atoms with E-state index in [4.69, 9.17) is 4.42 Å². The van der Waals surface area contributed by atoms with Crippen LogP contribution < -0.4 is 5.32 Å². The lowest BCUT2D eigenvalue weighted by Gasteiger charge is -2.16. The first-order chi connectivity index (χ1) is 15.6. The third kappa shape index (κ3) is 4.81. The van der Waals surface area contributed by atoms with Crippen LogP contribution in [0.25, 0.3) is 16.6 Å². The SMILES string of the molecule is Cc1cc(CC(=O)OC(C)C(F)(F)F)c2oc(CNC(=O)c3cnn4cccnc34)cc2c1. The van der Waals surface area contributed by atoms with Gasteiger partial charge in [0, 0.05) is 23.3 Å². The second-order valence-corrected chi connectivity index (χ2v) is 7.53. The summed E-state index contributed by atoms with van der Waals surface area (Å²) in [5.41, 5.74) is 2.24. The summed E-state index contributed by atoms with van der Waals surface area (Å²) in [6.45, 7) is 2.61. The molecule has 1 atom stereocenters. The molecule has 11 heteroatoms. The smallest absolute Gasteiger partial charge is 0.425 e. The second kappa shape index (κ2) is 8.57. The first-order valence-electron chi connectivity index (χ1n) is 9.96. The second-order valence-electron chi connectivity index (χ2n) is 7.53. The fraction of sp³-hybridized carbons (Fsp3) is 0.273. The van der Waals surface area contributed by atoms with Crippen LogP contribution in [0.15, 0.2) is 47.3 Å². The molecule has 0 saturated heterocycles. The minimum absolute atomic E-state index is 0.0473. The molecule has 0 fully saturated rings. The van der Waals surface area contributed by atoms with Crippen LogP contribution in [-0.2, 0) is 22.5 Å². The maximum absolute atomic E-state index is 12.7. The van der Waals surface area contributed by atoms with Gasteiger partial charge in [-0.2, -0.15) is 18.3 Å². The Bertz CT molecular complexity index is 1340. The van der Waals surface area contributed by atoms with E-state index < -0.39 is 24.2 Å². The maximum atomic E-state index is 12.7. The van der Waals surface area contributed by atoms with Gasteiger partial charge in [0.2, 0.25) is 0 Å². The number of hydrogen-bond donors (Lipinski definition) is 1. The van der Waals surface area contributed by atoms with E-state index in [2.05, 4.69) is 20.1 Å².